The van der Waals surface area contributed by atoms with Gasteiger partial charge in [-0.3, -0.25) is 4.90 Å². The van der Waals surface area contributed by atoms with E-state index in [-0.39, 0.29) is 6.10 Å². The third-order valence-electron chi connectivity index (χ3n) is 4.29. The molecule has 2 heterocycles. The van der Waals surface area contributed by atoms with Crippen molar-refractivity contribution < 1.29 is 27.8 Å². The summed E-state index contributed by atoms with van der Waals surface area (Å²) < 4.78 is 39.8. The number of aliphatic carboxylic acids is 1. The summed E-state index contributed by atoms with van der Waals surface area (Å²) in [6.07, 6.45) is 1.28. The molecular formula is C17H26F3N3O3. The lowest BCUT2D eigenvalue weighted by atomic mass is 10.3. The van der Waals surface area contributed by atoms with Crippen molar-refractivity contribution in [3.05, 3.63) is 17.7 Å². The Kier molecular flexibility index (Phi) is 7.05. The number of hydrogen-bond donors (Lipinski definition) is 1. The number of fused-ring (bicyclic) bond motifs is 1. The highest BCUT2D eigenvalue weighted by molar-refractivity contribution is 5.73. The summed E-state index contributed by atoms with van der Waals surface area (Å²) in [6, 6.07) is 0. The number of carboxylic acid groups (broad SMARTS) is 1. The number of aryl methyl sites for hydroxylation is 1. The lowest BCUT2D eigenvalue weighted by molar-refractivity contribution is -0.192. The maximum absolute atomic E-state index is 10.6. The highest BCUT2D eigenvalue weighted by atomic mass is 19.4. The number of alkyl halides is 3. The standard InChI is InChI=1S/C15H25N3O.C2HF3O2/c1-12(2)19-10-14-15-9-17(8-13-4-5-13)6-3-7-18(15)11-16-14;3-2(4,5)1(6)7/h11-13H,3-10H2,1-2H3;(H,6,7). The number of rotatable bonds is 5. The van der Waals surface area contributed by atoms with Crippen molar-refractivity contribution in [2.75, 3.05) is 13.1 Å². The van der Waals surface area contributed by atoms with Gasteiger partial charge < -0.3 is 14.4 Å². The van der Waals surface area contributed by atoms with E-state index in [0.717, 1.165) is 24.7 Å². The zero-order valence-electron chi connectivity index (χ0n) is 15.1. The minimum absolute atomic E-state index is 0.269. The molecule has 1 aromatic rings. The van der Waals surface area contributed by atoms with Gasteiger partial charge in [-0.2, -0.15) is 13.2 Å². The minimum atomic E-state index is -5.08. The van der Waals surface area contributed by atoms with E-state index >= 15 is 0 Å². The fraction of sp³-hybridized carbons (Fsp3) is 0.765. The molecular weight excluding hydrogens is 351 g/mol. The quantitative estimate of drug-likeness (QED) is 0.854. The summed E-state index contributed by atoms with van der Waals surface area (Å²) in [6.45, 7) is 9.45. The van der Waals surface area contributed by atoms with Crippen molar-refractivity contribution in [1.29, 1.82) is 0 Å². The van der Waals surface area contributed by atoms with Gasteiger partial charge in [0.15, 0.2) is 0 Å². The van der Waals surface area contributed by atoms with E-state index in [0.29, 0.717) is 6.61 Å². The molecule has 1 saturated carbocycles. The first-order valence-corrected chi connectivity index (χ1v) is 8.83. The molecule has 0 amide bonds. The molecule has 1 aliphatic heterocycles. The second kappa shape index (κ2) is 8.85. The van der Waals surface area contributed by atoms with Crippen molar-refractivity contribution in [3.63, 3.8) is 0 Å². The van der Waals surface area contributed by atoms with Crippen LogP contribution in [-0.4, -0.2) is 50.9 Å². The highest BCUT2D eigenvalue weighted by Gasteiger charge is 2.38. The number of imidazole rings is 1. The molecule has 148 valence electrons. The Morgan fingerprint density at radius 1 is 1.38 bits per heavy atom. The fourth-order valence-corrected chi connectivity index (χ4v) is 2.77. The summed E-state index contributed by atoms with van der Waals surface area (Å²) >= 11 is 0. The number of ether oxygens (including phenoxy) is 1. The maximum Gasteiger partial charge on any atom is 0.490 e. The van der Waals surface area contributed by atoms with Crippen molar-refractivity contribution in [3.8, 4) is 0 Å². The van der Waals surface area contributed by atoms with Gasteiger partial charge in [-0.05, 0) is 39.0 Å². The van der Waals surface area contributed by atoms with Gasteiger partial charge in [-0.1, -0.05) is 0 Å². The van der Waals surface area contributed by atoms with Crippen LogP contribution in [0.1, 0.15) is 44.5 Å². The Hall–Kier alpha value is -1.61. The Labute approximate surface area is 150 Å². The fourth-order valence-electron chi connectivity index (χ4n) is 2.77. The Balaban J connectivity index is 0.000000298. The molecule has 0 bridgehead atoms. The molecule has 6 nitrogen and oxygen atoms in total. The number of hydrogen-bond acceptors (Lipinski definition) is 4. The van der Waals surface area contributed by atoms with Crippen molar-refractivity contribution in [2.45, 2.75) is 65.1 Å². The Bertz CT molecular complexity index is 598. The number of carbonyl (C=O) groups is 1. The van der Waals surface area contributed by atoms with Gasteiger partial charge in [0.1, 0.15) is 0 Å². The Morgan fingerprint density at radius 2 is 2.04 bits per heavy atom. The summed E-state index contributed by atoms with van der Waals surface area (Å²) in [7, 11) is 0. The van der Waals surface area contributed by atoms with E-state index in [1.807, 2.05) is 6.33 Å². The molecule has 26 heavy (non-hydrogen) atoms. The largest absolute Gasteiger partial charge is 0.490 e. The third-order valence-corrected chi connectivity index (χ3v) is 4.29. The average Bonchev–Trinajstić information content (AvgIpc) is 3.30. The molecule has 1 fully saturated rings. The number of halogens is 3. The predicted molar refractivity (Wildman–Crippen MR) is 88.5 cm³/mol. The van der Waals surface area contributed by atoms with Gasteiger partial charge in [0.2, 0.25) is 0 Å². The second-order valence-electron chi connectivity index (χ2n) is 7.03. The van der Waals surface area contributed by atoms with Crippen LogP contribution in [0.15, 0.2) is 6.33 Å². The zero-order valence-corrected chi connectivity index (χ0v) is 15.1. The van der Waals surface area contributed by atoms with E-state index in [1.54, 1.807) is 0 Å². The number of nitrogens with zero attached hydrogens (tertiary/aromatic N) is 3. The van der Waals surface area contributed by atoms with Crippen LogP contribution in [-0.2, 0) is 29.2 Å². The van der Waals surface area contributed by atoms with Crippen LogP contribution >= 0.6 is 0 Å². The lowest BCUT2D eigenvalue weighted by Crippen LogP contribution is -2.26. The second-order valence-corrected chi connectivity index (χ2v) is 7.03. The molecule has 0 spiro atoms. The summed E-state index contributed by atoms with van der Waals surface area (Å²) in [5, 5.41) is 7.12. The monoisotopic (exact) mass is 377 g/mol. The van der Waals surface area contributed by atoms with Crippen molar-refractivity contribution in [2.24, 2.45) is 5.92 Å². The van der Waals surface area contributed by atoms with Crippen LogP contribution < -0.4 is 0 Å². The lowest BCUT2D eigenvalue weighted by Gasteiger charge is -2.19. The van der Waals surface area contributed by atoms with Crippen LogP contribution in [0.4, 0.5) is 13.2 Å². The van der Waals surface area contributed by atoms with Crippen LogP contribution in [0.5, 0.6) is 0 Å². The smallest absolute Gasteiger partial charge is 0.475 e. The first-order chi connectivity index (χ1) is 12.2. The molecule has 0 radical (unpaired) electrons. The molecule has 1 aromatic heterocycles. The van der Waals surface area contributed by atoms with Crippen LogP contribution in [0.2, 0.25) is 0 Å². The molecule has 0 unspecified atom stereocenters. The molecule has 1 aliphatic carbocycles. The van der Waals surface area contributed by atoms with E-state index in [9.17, 15) is 13.2 Å². The van der Waals surface area contributed by atoms with Crippen LogP contribution in [0.25, 0.3) is 0 Å². The van der Waals surface area contributed by atoms with Gasteiger partial charge >= 0.3 is 12.1 Å². The predicted octanol–water partition coefficient (Wildman–Crippen LogP) is 3.06. The van der Waals surface area contributed by atoms with Gasteiger partial charge in [-0.15, -0.1) is 0 Å². The molecule has 0 saturated heterocycles. The highest BCUT2D eigenvalue weighted by Crippen LogP contribution is 2.31. The van der Waals surface area contributed by atoms with E-state index < -0.39 is 12.1 Å². The zero-order chi connectivity index (χ0) is 19.3. The number of aromatic nitrogens is 2. The van der Waals surface area contributed by atoms with Crippen LogP contribution in [0, 0.1) is 5.92 Å². The molecule has 3 rings (SSSR count). The molecule has 9 heteroatoms. The van der Waals surface area contributed by atoms with Gasteiger partial charge in [0, 0.05) is 26.2 Å². The molecule has 0 aromatic carbocycles. The minimum Gasteiger partial charge on any atom is -0.475 e. The number of carboxylic acids is 1. The normalized spacial score (nSPS) is 18.1. The van der Waals surface area contributed by atoms with Crippen molar-refractivity contribution >= 4 is 5.97 Å². The van der Waals surface area contributed by atoms with Gasteiger partial charge in [0.25, 0.3) is 0 Å². The molecule has 1 N–H and O–H groups in total. The van der Waals surface area contributed by atoms with E-state index in [1.165, 1.54) is 38.0 Å². The molecule has 0 atom stereocenters. The Morgan fingerprint density at radius 3 is 2.58 bits per heavy atom. The topological polar surface area (TPSA) is 67.6 Å². The van der Waals surface area contributed by atoms with E-state index in [4.69, 9.17) is 14.6 Å². The van der Waals surface area contributed by atoms with Gasteiger partial charge in [0.05, 0.1) is 30.4 Å². The molecule has 2 aliphatic rings. The van der Waals surface area contributed by atoms with E-state index in [2.05, 4.69) is 28.3 Å². The maximum atomic E-state index is 10.6. The van der Waals surface area contributed by atoms with Gasteiger partial charge in [-0.25, -0.2) is 9.78 Å². The summed E-state index contributed by atoms with van der Waals surface area (Å²) in [4.78, 5) is 16.1. The average molecular weight is 377 g/mol. The third kappa shape index (κ3) is 6.60. The van der Waals surface area contributed by atoms with Crippen molar-refractivity contribution in [1.82, 2.24) is 14.5 Å². The SMILES string of the molecule is CC(C)OCc1ncn2c1CN(CC1CC1)CCC2.O=C(O)C(F)(F)F. The summed E-state index contributed by atoms with van der Waals surface area (Å²) in [5.41, 5.74) is 2.51. The first kappa shape index (κ1) is 20.7. The first-order valence-electron chi connectivity index (χ1n) is 8.83. The summed E-state index contributed by atoms with van der Waals surface area (Å²) in [5.74, 6) is -1.79. The van der Waals surface area contributed by atoms with Crippen LogP contribution in [0.3, 0.4) is 0 Å².